The Morgan fingerprint density at radius 3 is 2.38 bits per heavy atom. The number of hydrogen-bond acceptors (Lipinski definition) is 5. The standard InChI is InChI=1S/C18H17NO5/c1-22-17-8-4-13(5-9-17)15-10-11-23-18(24-12-15)14-2-6-16(7-3-14)19(20)21/h2-11,15,18H,12H2,1H3/t15-,18-/m1/s1. The molecule has 0 radical (unpaired) electrons. The number of rotatable bonds is 4. The SMILES string of the molecule is COc1ccc([C@@H]2C=CO[C@@H](c3ccc([N+](=O)[O-])cc3)OC2)cc1. The van der Waals surface area contributed by atoms with Gasteiger partial charge in [-0.25, -0.2) is 0 Å². The summed E-state index contributed by atoms with van der Waals surface area (Å²) in [6.07, 6.45) is 2.98. The van der Waals surface area contributed by atoms with Crippen LogP contribution >= 0.6 is 0 Å². The molecule has 6 heteroatoms. The summed E-state index contributed by atoms with van der Waals surface area (Å²) in [7, 11) is 1.63. The van der Waals surface area contributed by atoms with Gasteiger partial charge in [-0.2, -0.15) is 0 Å². The van der Waals surface area contributed by atoms with Crippen LogP contribution in [0, 0.1) is 10.1 Å². The third-order valence-corrected chi connectivity index (χ3v) is 3.86. The Hall–Kier alpha value is -2.86. The number of hydrogen-bond donors (Lipinski definition) is 0. The monoisotopic (exact) mass is 327 g/mol. The minimum Gasteiger partial charge on any atom is -0.497 e. The second kappa shape index (κ2) is 7.14. The molecule has 124 valence electrons. The van der Waals surface area contributed by atoms with E-state index in [2.05, 4.69) is 0 Å². The van der Waals surface area contributed by atoms with E-state index in [0.29, 0.717) is 6.61 Å². The zero-order valence-electron chi connectivity index (χ0n) is 13.1. The molecule has 0 amide bonds. The van der Waals surface area contributed by atoms with Gasteiger partial charge in [0.1, 0.15) is 5.75 Å². The summed E-state index contributed by atoms with van der Waals surface area (Å²) in [4.78, 5) is 10.3. The van der Waals surface area contributed by atoms with Gasteiger partial charge in [-0.3, -0.25) is 10.1 Å². The van der Waals surface area contributed by atoms with Crippen molar-refractivity contribution in [2.45, 2.75) is 12.2 Å². The van der Waals surface area contributed by atoms with Crippen LogP contribution < -0.4 is 4.74 Å². The maximum atomic E-state index is 10.7. The molecule has 0 aliphatic carbocycles. The van der Waals surface area contributed by atoms with Gasteiger partial charge in [0.25, 0.3) is 5.69 Å². The highest BCUT2D eigenvalue weighted by atomic mass is 16.7. The van der Waals surface area contributed by atoms with E-state index in [9.17, 15) is 10.1 Å². The van der Waals surface area contributed by atoms with E-state index in [-0.39, 0.29) is 11.6 Å². The number of benzene rings is 2. The second-order valence-electron chi connectivity index (χ2n) is 5.36. The molecule has 0 fully saturated rings. The zero-order valence-corrected chi connectivity index (χ0v) is 13.1. The van der Waals surface area contributed by atoms with Crippen molar-refractivity contribution in [1.29, 1.82) is 0 Å². The molecule has 1 aliphatic heterocycles. The summed E-state index contributed by atoms with van der Waals surface area (Å²) in [5.74, 6) is 0.872. The van der Waals surface area contributed by atoms with Gasteiger partial charge < -0.3 is 14.2 Å². The van der Waals surface area contributed by atoms with Gasteiger partial charge in [0.2, 0.25) is 6.29 Å². The van der Waals surface area contributed by atoms with Crippen molar-refractivity contribution < 1.29 is 19.1 Å². The average Bonchev–Trinajstić information content (AvgIpc) is 2.88. The van der Waals surface area contributed by atoms with Gasteiger partial charge in [-0.05, 0) is 35.9 Å². The van der Waals surface area contributed by atoms with Crippen LogP contribution in [0.1, 0.15) is 23.3 Å². The van der Waals surface area contributed by atoms with Gasteiger partial charge in [0.05, 0.1) is 24.9 Å². The summed E-state index contributed by atoms with van der Waals surface area (Å²) in [6, 6.07) is 14.0. The summed E-state index contributed by atoms with van der Waals surface area (Å²) in [5.41, 5.74) is 1.87. The first-order valence-electron chi connectivity index (χ1n) is 7.49. The van der Waals surface area contributed by atoms with Crippen molar-refractivity contribution in [2.24, 2.45) is 0 Å². The lowest BCUT2D eigenvalue weighted by molar-refractivity contribution is -0.384. The topological polar surface area (TPSA) is 70.8 Å². The fourth-order valence-electron chi connectivity index (χ4n) is 2.48. The van der Waals surface area contributed by atoms with Crippen LogP contribution in [0.15, 0.2) is 60.9 Å². The lowest BCUT2D eigenvalue weighted by Gasteiger charge is -2.17. The van der Waals surface area contributed by atoms with Gasteiger partial charge in [0, 0.05) is 23.6 Å². The molecule has 0 aromatic heterocycles. The largest absolute Gasteiger partial charge is 0.497 e. The van der Waals surface area contributed by atoms with Crippen LogP contribution in [-0.4, -0.2) is 18.6 Å². The Kier molecular flexibility index (Phi) is 4.77. The Bertz CT molecular complexity index is 724. The molecule has 6 nitrogen and oxygen atoms in total. The van der Waals surface area contributed by atoms with E-state index in [1.54, 1.807) is 25.5 Å². The number of nitro benzene ring substituents is 1. The number of nitro groups is 1. The Labute approximate surface area is 139 Å². The first-order valence-corrected chi connectivity index (χ1v) is 7.49. The van der Waals surface area contributed by atoms with Crippen molar-refractivity contribution in [2.75, 3.05) is 13.7 Å². The maximum Gasteiger partial charge on any atom is 0.269 e. The lowest BCUT2D eigenvalue weighted by atomic mass is 10.00. The van der Waals surface area contributed by atoms with E-state index in [4.69, 9.17) is 14.2 Å². The van der Waals surface area contributed by atoms with Gasteiger partial charge in [0.15, 0.2) is 0 Å². The number of methoxy groups -OCH3 is 1. The van der Waals surface area contributed by atoms with Gasteiger partial charge in [-0.1, -0.05) is 12.1 Å². The van der Waals surface area contributed by atoms with E-state index < -0.39 is 11.2 Å². The molecular weight excluding hydrogens is 310 g/mol. The summed E-state index contributed by atoms with van der Waals surface area (Å²) >= 11 is 0. The molecule has 24 heavy (non-hydrogen) atoms. The Morgan fingerprint density at radius 2 is 1.75 bits per heavy atom. The molecule has 2 aromatic rings. The highest BCUT2D eigenvalue weighted by Crippen LogP contribution is 2.29. The van der Waals surface area contributed by atoms with Crippen LogP contribution in [-0.2, 0) is 9.47 Å². The third-order valence-electron chi connectivity index (χ3n) is 3.86. The van der Waals surface area contributed by atoms with Crippen molar-refractivity contribution in [1.82, 2.24) is 0 Å². The third kappa shape index (κ3) is 3.55. The van der Waals surface area contributed by atoms with Crippen LogP contribution in [0.5, 0.6) is 5.75 Å². The highest BCUT2D eigenvalue weighted by molar-refractivity contribution is 5.34. The van der Waals surface area contributed by atoms with Crippen molar-refractivity contribution >= 4 is 5.69 Å². The quantitative estimate of drug-likeness (QED) is 0.628. The summed E-state index contributed by atoms with van der Waals surface area (Å²) in [5, 5.41) is 10.7. The van der Waals surface area contributed by atoms with Crippen LogP contribution in [0.4, 0.5) is 5.69 Å². The predicted octanol–water partition coefficient (Wildman–Crippen LogP) is 3.95. The highest BCUT2D eigenvalue weighted by Gasteiger charge is 2.20. The molecule has 0 saturated carbocycles. The number of non-ortho nitro benzene ring substituents is 1. The molecule has 1 aliphatic rings. The minimum absolute atomic E-state index is 0.0408. The molecular formula is C18H17NO5. The first-order chi connectivity index (χ1) is 11.7. The minimum atomic E-state index is -0.578. The van der Waals surface area contributed by atoms with Crippen molar-refractivity contribution in [3.05, 3.63) is 82.1 Å². The van der Waals surface area contributed by atoms with Crippen LogP contribution in [0.3, 0.4) is 0 Å². The molecule has 2 aromatic carbocycles. The normalized spacial score (nSPS) is 20.0. The zero-order chi connectivity index (χ0) is 16.9. The average molecular weight is 327 g/mol. The van der Waals surface area contributed by atoms with E-state index in [1.165, 1.54) is 12.1 Å². The number of ether oxygens (including phenoxy) is 3. The maximum absolute atomic E-state index is 10.7. The molecule has 0 spiro atoms. The Morgan fingerprint density at radius 1 is 1.08 bits per heavy atom. The van der Waals surface area contributed by atoms with E-state index >= 15 is 0 Å². The molecule has 0 N–H and O–H groups in total. The second-order valence-corrected chi connectivity index (χ2v) is 5.36. The van der Waals surface area contributed by atoms with Crippen molar-refractivity contribution in [3.8, 4) is 5.75 Å². The predicted molar refractivity (Wildman–Crippen MR) is 87.7 cm³/mol. The molecule has 0 bridgehead atoms. The summed E-state index contributed by atoms with van der Waals surface area (Å²) < 4.78 is 16.6. The summed E-state index contributed by atoms with van der Waals surface area (Å²) in [6.45, 7) is 0.449. The van der Waals surface area contributed by atoms with Gasteiger partial charge in [-0.15, -0.1) is 0 Å². The van der Waals surface area contributed by atoms with Gasteiger partial charge >= 0.3 is 0 Å². The lowest BCUT2D eigenvalue weighted by Crippen LogP contribution is -2.09. The fourth-order valence-corrected chi connectivity index (χ4v) is 2.48. The van der Waals surface area contributed by atoms with E-state index in [1.807, 2.05) is 30.3 Å². The number of nitrogens with zero attached hydrogens (tertiary/aromatic N) is 1. The van der Waals surface area contributed by atoms with Crippen LogP contribution in [0.25, 0.3) is 0 Å². The van der Waals surface area contributed by atoms with Crippen molar-refractivity contribution in [3.63, 3.8) is 0 Å². The Balaban J connectivity index is 1.69. The van der Waals surface area contributed by atoms with E-state index in [0.717, 1.165) is 16.9 Å². The smallest absolute Gasteiger partial charge is 0.269 e. The fraction of sp³-hybridized carbons (Fsp3) is 0.222. The van der Waals surface area contributed by atoms with Crippen LogP contribution in [0.2, 0.25) is 0 Å². The molecule has 0 saturated heterocycles. The first kappa shape index (κ1) is 16.0. The molecule has 3 rings (SSSR count). The molecule has 1 heterocycles. The molecule has 2 atom stereocenters. The molecule has 0 unspecified atom stereocenters.